The van der Waals surface area contributed by atoms with Gasteiger partial charge in [-0.3, -0.25) is 9.36 Å². The van der Waals surface area contributed by atoms with Crippen LogP contribution in [-0.4, -0.2) is 16.2 Å². The largest absolute Gasteiger partial charge is 0.492 e. The van der Waals surface area contributed by atoms with Gasteiger partial charge in [0.1, 0.15) is 12.4 Å². The van der Waals surface area contributed by atoms with Gasteiger partial charge >= 0.3 is 0 Å². The van der Waals surface area contributed by atoms with Gasteiger partial charge < -0.3 is 4.74 Å². The van der Waals surface area contributed by atoms with Crippen molar-refractivity contribution in [3.8, 4) is 5.75 Å². The van der Waals surface area contributed by atoms with E-state index in [1.165, 1.54) is 10.6 Å². The van der Waals surface area contributed by atoms with Gasteiger partial charge in [-0.1, -0.05) is 22.0 Å². The molecule has 0 spiro atoms. The summed E-state index contributed by atoms with van der Waals surface area (Å²) in [5.74, 6) is 0.775. The summed E-state index contributed by atoms with van der Waals surface area (Å²) in [6.07, 6.45) is 1.54. The molecule has 0 unspecified atom stereocenters. The highest BCUT2D eigenvalue weighted by Crippen LogP contribution is 2.17. The zero-order chi connectivity index (χ0) is 13.0. The van der Waals surface area contributed by atoms with Crippen LogP contribution in [0.2, 0.25) is 0 Å². The minimum atomic E-state index is -0.0552. The fraction of sp³-hybridized carbons (Fsp3) is 0.231. The van der Waals surface area contributed by atoms with Crippen LogP contribution in [0.5, 0.6) is 5.75 Å². The van der Waals surface area contributed by atoms with E-state index in [2.05, 4.69) is 20.9 Å². The minimum absolute atomic E-state index is 0.0552. The van der Waals surface area contributed by atoms with Crippen molar-refractivity contribution in [1.82, 2.24) is 9.55 Å². The molecule has 5 heteroatoms. The summed E-state index contributed by atoms with van der Waals surface area (Å²) in [6, 6.07) is 9.11. The van der Waals surface area contributed by atoms with Crippen molar-refractivity contribution in [2.24, 2.45) is 0 Å². The fourth-order valence-electron chi connectivity index (χ4n) is 1.50. The number of aromatic nitrogens is 2. The van der Waals surface area contributed by atoms with Crippen LogP contribution in [-0.2, 0) is 6.54 Å². The Hall–Kier alpha value is -1.62. The smallest absolute Gasteiger partial charge is 0.253 e. The number of aryl methyl sites for hydroxylation is 1. The first-order chi connectivity index (χ1) is 8.65. The summed E-state index contributed by atoms with van der Waals surface area (Å²) in [4.78, 5) is 15.7. The molecule has 1 aromatic heterocycles. The summed E-state index contributed by atoms with van der Waals surface area (Å²) in [5, 5.41) is 0. The Morgan fingerprint density at radius 1 is 1.39 bits per heavy atom. The molecule has 0 atom stereocenters. The Balaban J connectivity index is 1.94. The maximum Gasteiger partial charge on any atom is 0.253 e. The second kappa shape index (κ2) is 5.82. The van der Waals surface area contributed by atoms with Gasteiger partial charge in [0.2, 0.25) is 0 Å². The number of ether oxygens (including phenoxy) is 1. The second-order valence-electron chi connectivity index (χ2n) is 3.87. The molecule has 0 saturated carbocycles. The number of halogens is 1. The third kappa shape index (κ3) is 3.43. The maximum absolute atomic E-state index is 11.6. The van der Waals surface area contributed by atoms with E-state index in [1.54, 1.807) is 13.3 Å². The lowest BCUT2D eigenvalue weighted by molar-refractivity contribution is 0.295. The number of nitrogens with zero attached hydrogens (tertiary/aromatic N) is 2. The van der Waals surface area contributed by atoms with E-state index in [9.17, 15) is 4.79 Å². The highest BCUT2D eigenvalue weighted by atomic mass is 79.9. The molecular formula is C13H13BrN2O2. The van der Waals surface area contributed by atoms with Crippen molar-refractivity contribution >= 4 is 15.9 Å². The zero-order valence-electron chi connectivity index (χ0n) is 9.97. The third-order valence-corrected chi connectivity index (χ3v) is 2.91. The average molecular weight is 309 g/mol. The van der Waals surface area contributed by atoms with Crippen molar-refractivity contribution in [2.75, 3.05) is 6.61 Å². The summed E-state index contributed by atoms with van der Waals surface area (Å²) in [7, 11) is 0. The summed E-state index contributed by atoms with van der Waals surface area (Å²) in [5.41, 5.74) is 0.671. The molecule has 0 fully saturated rings. The lowest BCUT2D eigenvalue weighted by Gasteiger charge is -2.08. The van der Waals surface area contributed by atoms with Gasteiger partial charge in [-0.15, -0.1) is 0 Å². The Labute approximate surface area is 113 Å². The van der Waals surface area contributed by atoms with Crippen LogP contribution >= 0.6 is 15.9 Å². The van der Waals surface area contributed by atoms with Crippen molar-refractivity contribution in [3.63, 3.8) is 0 Å². The lowest BCUT2D eigenvalue weighted by Crippen LogP contribution is -2.23. The topological polar surface area (TPSA) is 44.1 Å². The van der Waals surface area contributed by atoms with Gasteiger partial charge in [0.25, 0.3) is 5.56 Å². The van der Waals surface area contributed by atoms with Gasteiger partial charge in [-0.25, -0.2) is 4.98 Å². The van der Waals surface area contributed by atoms with Gasteiger partial charge in [0.15, 0.2) is 0 Å². The van der Waals surface area contributed by atoms with E-state index in [0.29, 0.717) is 13.2 Å². The SMILES string of the molecule is Cc1cc(=O)n(CCOc2cccc(Br)c2)cn1. The first-order valence-electron chi connectivity index (χ1n) is 5.56. The van der Waals surface area contributed by atoms with E-state index in [4.69, 9.17) is 4.74 Å². The predicted octanol–water partition coefficient (Wildman–Crippen LogP) is 2.39. The van der Waals surface area contributed by atoms with Crippen molar-refractivity contribution in [2.45, 2.75) is 13.5 Å². The highest BCUT2D eigenvalue weighted by Gasteiger charge is 1.98. The molecule has 1 aromatic carbocycles. The Kier molecular flexibility index (Phi) is 4.15. The average Bonchev–Trinajstić information content (AvgIpc) is 2.32. The minimum Gasteiger partial charge on any atom is -0.492 e. The molecule has 0 aliphatic rings. The molecule has 0 aliphatic heterocycles. The van der Waals surface area contributed by atoms with Crippen LogP contribution in [0.1, 0.15) is 5.69 Å². The van der Waals surface area contributed by atoms with E-state index < -0.39 is 0 Å². The van der Waals surface area contributed by atoms with Crippen LogP contribution in [0.3, 0.4) is 0 Å². The first-order valence-corrected chi connectivity index (χ1v) is 6.36. The Bertz CT molecular complexity index is 596. The molecular weight excluding hydrogens is 296 g/mol. The van der Waals surface area contributed by atoms with E-state index in [-0.39, 0.29) is 5.56 Å². The molecule has 0 radical (unpaired) electrons. The summed E-state index contributed by atoms with van der Waals surface area (Å²) < 4.78 is 8.06. The number of hydrogen-bond donors (Lipinski definition) is 0. The molecule has 2 rings (SSSR count). The number of rotatable bonds is 4. The molecule has 1 heterocycles. The van der Waals surface area contributed by atoms with Crippen LogP contribution in [0.4, 0.5) is 0 Å². The second-order valence-corrected chi connectivity index (χ2v) is 4.78. The van der Waals surface area contributed by atoms with Gasteiger partial charge in [0, 0.05) is 16.2 Å². The number of hydrogen-bond acceptors (Lipinski definition) is 3. The van der Waals surface area contributed by atoms with Crippen LogP contribution in [0, 0.1) is 6.92 Å². The van der Waals surface area contributed by atoms with Crippen molar-refractivity contribution in [3.05, 3.63) is 57.2 Å². The highest BCUT2D eigenvalue weighted by molar-refractivity contribution is 9.10. The lowest BCUT2D eigenvalue weighted by atomic mass is 10.3. The van der Waals surface area contributed by atoms with Crippen LogP contribution in [0.15, 0.2) is 45.9 Å². The van der Waals surface area contributed by atoms with Crippen molar-refractivity contribution in [1.29, 1.82) is 0 Å². The normalized spacial score (nSPS) is 10.3. The van der Waals surface area contributed by atoms with E-state index >= 15 is 0 Å². The maximum atomic E-state index is 11.6. The van der Waals surface area contributed by atoms with Gasteiger partial charge in [-0.05, 0) is 25.1 Å². The summed E-state index contributed by atoms with van der Waals surface area (Å²) in [6.45, 7) is 2.71. The van der Waals surface area contributed by atoms with Crippen LogP contribution < -0.4 is 10.3 Å². The molecule has 0 bridgehead atoms. The Morgan fingerprint density at radius 2 is 2.22 bits per heavy atom. The monoisotopic (exact) mass is 308 g/mol. The third-order valence-electron chi connectivity index (χ3n) is 2.41. The van der Waals surface area contributed by atoms with E-state index in [1.807, 2.05) is 24.3 Å². The van der Waals surface area contributed by atoms with Crippen molar-refractivity contribution < 1.29 is 4.74 Å². The molecule has 0 amide bonds. The summed E-state index contributed by atoms with van der Waals surface area (Å²) >= 11 is 3.37. The molecule has 94 valence electrons. The fourth-order valence-corrected chi connectivity index (χ4v) is 1.88. The molecule has 0 N–H and O–H groups in total. The quantitative estimate of drug-likeness (QED) is 0.871. The first kappa shape index (κ1) is 12.8. The molecule has 4 nitrogen and oxygen atoms in total. The Morgan fingerprint density at radius 3 is 2.94 bits per heavy atom. The van der Waals surface area contributed by atoms with Gasteiger partial charge in [-0.2, -0.15) is 0 Å². The predicted molar refractivity (Wildman–Crippen MR) is 72.9 cm³/mol. The number of benzene rings is 1. The van der Waals surface area contributed by atoms with Gasteiger partial charge in [0.05, 0.1) is 12.9 Å². The molecule has 18 heavy (non-hydrogen) atoms. The molecule has 0 saturated heterocycles. The standard InChI is InChI=1S/C13H13BrN2O2/c1-10-7-13(17)16(9-15-10)5-6-18-12-4-2-3-11(14)8-12/h2-4,7-9H,5-6H2,1H3. The molecule has 2 aromatic rings. The molecule has 0 aliphatic carbocycles. The van der Waals surface area contributed by atoms with E-state index in [0.717, 1.165) is 15.9 Å². The van der Waals surface area contributed by atoms with Crippen LogP contribution in [0.25, 0.3) is 0 Å². The zero-order valence-corrected chi connectivity index (χ0v) is 11.6.